The largest absolute Gasteiger partial charge is 0.371 e. The van der Waals surface area contributed by atoms with E-state index >= 15 is 0 Å². The van der Waals surface area contributed by atoms with Gasteiger partial charge >= 0.3 is 0 Å². The number of rotatable bonds is 5. The molecule has 3 aromatic carbocycles. The molecule has 0 aromatic heterocycles. The van der Waals surface area contributed by atoms with Gasteiger partial charge in [0.05, 0.1) is 22.4 Å². The summed E-state index contributed by atoms with van der Waals surface area (Å²) in [6, 6.07) is 16.8. The van der Waals surface area contributed by atoms with Gasteiger partial charge in [0.1, 0.15) is 0 Å². The van der Waals surface area contributed by atoms with Gasteiger partial charge in [-0.1, -0.05) is 17.7 Å². The number of nitrogens with zero attached hydrogens (tertiary/aromatic N) is 2. The number of carbonyl (C=O) groups is 4. The molecular formula is C28H26N4O4. The molecule has 1 saturated heterocycles. The lowest BCUT2D eigenvalue weighted by atomic mass is 10.0. The maximum absolute atomic E-state index is 13.5. The number of carbonyl (C=O) groups excluding carboxylic acids is 4. The fourth-order valence-corrected chi connectivity index (χ4v) is 4.72. The second-order valence-electron chi connectivity index (χ2n) is 9.14. The maximum Gasteiger partial charge on any atom is 0.266 e. The maximum atomic E-state index is 13.5. The van der Waals surface area contributed by atoms with Crippen LogP contribution in [0.5, 0.6) is 0 Å². The third kappa shape index (κ3) is 4.22. The number of aryl methyl sites for hydroxylation is 1. The third-order valence-corrected chi connectivity index (χ3v) is 6.66. The van der Waals surface area contributed by atoms with Crippen molar-refractivity contribution in [2.45, 2.75) is 26.2 Å². The van der Waals surface area contributed by atoms with E-state index in [1.807, 2.05) is 31.2 Å². The fraction of sp³-hybridized carbons (Fsp3) is 0.214. The standard InChI is InChI=1S/C28H26N4O4/c1-17-5-8-19(9-6-17)30-26(34)23-16-20(10-12-24(23)31-13-3-2-4-14-31)32-27(35)21-11-7-18(25(29)33)15-22(21)28(32)36/h5-12,15-16H,2-4,13-14H2,1H3,(H2,29,33)(H,30,34). The van der Waals surface area contributed by atoms with Crippen molar-refractivity contribution < 1.29 is 19.2 Å². The van der Waals surface area contributed by atoms with E-state index < -0.39 is 17.7 Å². The Labute approximate surface area is 208 Å². The Bertz CT molecular complexity index is 1390. The van der Waals surface area contributed by atoms with Gasteiger partial charge in [-0.3, -0.25) is 19.2 Å². The van der Waals surface area contributed by atoms with Crippen LogP contribution in [0.15, 0.2) is 60.7 Å². The lowest BCUT2D eigenvalue weighted by Gasteiger charge is -2.31. The average Bonchev–Trinajstić information content (AvgIpc) is 3.14. The number of anilines is 3. The number of hydrogen-bond acceptors (Lipinski definition) is 5. The second-order valence-corrected chi connectivity index (χ2v) is 9.14. The van der Waals surface area contributed by atoms with E-state index in [2.05, 4.69) is 10.2 Å². The number of nitrogens with one attached hydrogen (secondary N) is 1. The zero-order valence-electron chi connectivity index (χ0n) is 19.9. The van der Waals surface area contributed by atoms with Gasteiger partial charge in [-0.2, -0.15) is 0 Å². The first-order valence-corrected chi connectivity index (χ1v) is 11.9. The van der Waals surface area contributed by atoms with E-state index in [0.717, 1.165) is 48.5 Å². The van der Waals surface area contributed by atoms with E-state index in [4.69, 9.17) is 5.73 Å². The molecule has 0 unspecified atom stereocenters. The first kappa shape index (κ1) is 23.3. The Morgan fingerprint density at radius 3 is 2.22 bits per heavy atom. The molecule has 4 amide bonds. The Morgan fingerprint density at radius 1 is 0.833 bits per heavy atom. The molecule has 0 atom stereocenters. The Balaban J connectivity index is 1.53. The number of piperidine rings is 1. The van der Waals surface area contributed by atoms with Crippen LogP contribution in [0.25, 0.3) is 0 Å². The molecule has 8 nitrogen and oxygen atoms in total. The van der Waals surface area contributed by atoms with Gasteiger partial charge in [-0.25, -0.2) is 4.90 Å². The normalized spacial score (nSPS) is 15.1. The highest BCUT2D eigenvalue weighted by Gasteiger charge is 2.37. The number of primary amides is 1. The number of nitrogens with two attached hydrogens (primary N) is 1. The van der Waals surface area contributed by atoms with Crippen LogP contribution in [0.1, 0.15) is 66.3 Å². The molecule has 2 aliphatic heterocycles. The van der Waals surface area contributed by atoms with Gasteiger partial charge in [-0.05, 0) is 74.7 Å². The predicted octanol–water partition coefficient (Wildman–Crippen LogP) is 4.14. The summed E-state index contributed by atoms with van der Waals surface area (Å²) in [6.45, 7) is 3.62. The molecule has 0 radical (unpaired) electrons. The smallest absolute Gasteiger partial charge is 0.266 e. The van der Waals surface area contributed by atoms with Crippen LogP contribution in [-0.4, -0.2) is 36.7 Å². The molecule has 36 heavy (non-hydrogen) atoms. The van der Waals surface area contributed by atoms with Crippen molar-refractivity contribution in [3.8, 4) is 0 Å². The minimum Gasteiger partial charge on any atom is -0.371 e. The van der Waals surface area contributed by atoms with Crippen LogP contribution < -0.4 is 20.9 Å². The van der Waals surface area contributed by atoms with E-state index in [0.29, 0.717) is 11.3 Å². The number of fused-ring (bicyclic) bond motifs is 1. The lowest BCUT2D eigenvalue weighted by molar-refractivity contribution is 0.0923. The molecule has 182 valence electrons. The SMILES string of the molecule is Cc1ccc(NC(=O)c2cc(N3C(=O)c4ccc(C(N)=O)cc4C3=O)ccc2N2CCCCC2)cc1. The number of hydrogen-bond donors (Lipinski definition) is 2. The molecular weight excluding hydrogens is 456 g/mol. The summed E-state index contributed by atoms with van der Waals surface area (Å²) in [5.41, 5.74) is 8.96. The van der Waals surface area contributed by atoms with Crippen LogP contribution in [0.3, 0.4) is 0 Å². The summed E-state index contributed by atoms with van der Waals surface area (Å²) < 4.78 is 0. The zero-order chi connectivity index (χ0) is 25.4. The Kier molecular flexibility index (Phi) is 6.01. The molecule has 2 aliphatic rings. The van der Waals surface area contributed by atoms with E-state index in [9.17, 15) is 19.2 Å². The van der Waals surface area contributed by atoms with Crippen molar-refractivity contribution in [2.75, 3.05) is 28.2 Å². The van der Waals surface area contributed by atoms with Crippen LogP contribution in [-0.2, 0) is 0 Å². The van der Waals surface area contributed by atoms with Crippen molar-refractivity contribution in [1.29, 1.82) is 0 Å². The summed E-state index contributed by atoms with van der Waals surface area (Å²) in [5.74, 6) is -2.08. The highest BCUT2D eigenvalue weighted by molar-refractivity contribution is 6.35. The van der Waals surface area contributed by atoms with E-state index in [-0.39, 0.29) is 28.3 Å². The lowest BCUT2D eigenvalue weighted by Crippen LogP contribution is -2.33. The molecule has 0 bridgehead atoms. The zero-order valence-corrected chi connectivity index (χ0v) is 19.9. The third-order valence-electron chi connectivity index (χ3n) is 6.66. The number of imide groups is 1. The van der Waals surface area contributed by atoms with Gasteiger partial charge < -0.3 is 16.0 Å². The van der Waals surface area contributed by atoms with Crippen molar-refractivity contribution in [1.82, 2.24) is 0 Å². The first-order chi connectivity index (χ1) is 17.3. The molecule has 3 N–H and O–H groups in total. The monoisotopic (exact) mass is 482 g/mol. The van der Waals surface area contributed by atoms with Crippen LogP contribution >= 0.6 is 0 Å². The van der Waals surface area contributed by atoms with Gasteiger partial charge in [0.15, 0.2) is 0 Å². The topological polar surface area (TPSA) is 113 Å². The van der Waals surface area contributed by atoms with Gasteiger partial charge in [0, 0.05) is 30.0 Å². The molecule has 3 aromatic rings. The molecule has 0 aliphatic carbocycles. The minimum absolute atomic E-state index is 0.113. The van der Waals surface area contributed by atoms with Gasteiger partial charge in [0.25, 0.3) is 17.7 Å². The summed E-state index contributed by atoms with van der Waals surface area (Å²) in [5, 5.41) is 2.94. The fourth-order valence-electron chi connectivity index (χ4n) is 4.72. The van der Waals surface area contributed by atoms with E-state index in [1.165, 1.54) is 18.2 Å². The summed E-state index contributed by atoms with van der Waals surface area (Å²) >= 11 is 0. The molecule has 8 heteroatoms. The molecule has 0 spiro atoms. The predicted molar refractivity (Wildman–Crippen MR) is 138 cm³/mol. The van der Waals surface area contributed by atoms with Crippen molar-refractivity contribution in [3.63, 3.8) is 0 Å². The van der Waals surface area contributed by atoms with Crippen molar-refractivity contribution in [3.05, 3.63) is 88.5 Å². The van der Waals surface area contributed by atoms with Crippen LogP contribution in [0, 0.1) is 6.92 Å². The second kappa shape index (κ2) is 9.30. The molecule has 1 fully saturated rings. The summed E-state index contributed by atoms with van der Waals surface area (Å²) in [6.07, 6.45) is 3.20. The first-order valence-electron chi connectivity index (χ1n) is 11.9. The van der Waals surface area contributed by atoms with Crippen molar-refractivity contribution >= 4 is 40.7 Å². The molecule has 0 saturated carbocycles. The number of benzene rings is 3. The Hall–Kier alpha value is -4.46. The van der Waals surface area contributed by atoms with Crippen molar-refractivity contribution in [2.24, 2.45) is 5.73 Å². The summed E-state index contributed by atoms with van der Waals surface area (Å²) in [7, 11) is 0. The van der Waals surface area contributed by atoms with Crippen LogP contribution in [0.2, 0.25) is 0 Å². The van der Waals surface area contributed by atoms with Gasteiger partial charge in [0.2, 0.25) is 5.91 Å². The summed E-state index contributed by atoms with van der Waals surface area (Å²) in [4.78, 5) is 54.6. The quantitative estimate of drug-likeness (QED) is 0.531. The van der Waals surface area contributed by atoms with E-state index in [1.54, 1.807) is 18.2 Å². The Morgan fingerprint density at radius 2 is 1.53 bits per heavy atom. The van der Waals surface area contributed by atoms with Gasteiger partial charge in [-0.15, -0.1) is 0 Å². The number of amides is 4. The molecule has 2 heterocycles. The minimum atomic E-state index is -0.683. The average molecular weight is 483 g/mol. The molecule has 5 rings (SSSR count). The highest BCUT2D eigenvalue weighted by Crippen LogP contribution is 2.34. The highest BCUT2D eigenvalue weighted by atomic mass is 16.2. The van der Waals surface area contributed by atoms with Crippen LogP contribution in [0.4, 0.5) is 17.1 Å².